The van der Waals surface area contributed by atoms with Crippen molar-refractivity contribution in [1.82, 2.24) is 0 Å². The quantitative estimate of drug-likeness (QED) is 0.709. The van der Waals surface area contributed by atoms with Crippen LogP contribution in [0.3, 0.4) is 0 Å². The van der Waals surface area contributed by atoms with Gasteiger partial charge in [-0.15, -0.1) is 0 Å². The number of aliphatic carboxylic acids is 1. The summed E-state index contributed by atoms with van der Waals surface area (Å²) in [5.74, 6) is -0.00400. The first kappa shape index (κ1) is 15.5. The maximum Gasteiger partial charge on any atom is 0.309 e. The van der Waals surface area contributed by atoms with E-state index in [4.69, 9.17) is 14.9 Å². The fraction of sp³-hybridized carbons (Fsp3) is 0.533. The molecular weight excluding hydrogens is 244 g/mol. The molecule has 0 aliphatic heterocycles. The number of hydrogen-bond donors (Lipinski definition) is 2. The van der Waals surface area contributed by atoms with Crippen molar-refractivity contribution < 1.29 is 19.7 Å². The van der Waals surface area contributed by atoms with Crippen molar-refractivity contribution >= 4 is 5.97 Å². The van der Waals surface area contributed by atoms with Crippen molar-refractivity contribution in [3.05, 3.63) is 29.8 Å². The fourth-order valence-electron chi connectivity index (χ4n) is 1.69. The maximum atomic E-state index is 10.9. The first-order chi connectivity index (χ1) is 8.95. The van der Waals surface area contributed by atoms with E-state index in [0.29, 0.717) is 25.9 Å². The van der Waals surface area contributed by atoms with E-state index in [2.05, 4.69) is 0 Å². The summed E-state index contributed by atoms with van der Waals surface area (Å²) in [5, 5.41) is 17.8. The summed E-state index contributed by atoms with van der Waals surface area (Å²) in [7, 11) is 0. The van der Waals surface area contributed by atoms with E-state index >= 15 is 0 Å². The Bertz CT molecular complexity index is 395. The smallest absolute Gasteiger partial charge is 0.309 e. The maximum absolute atomic E-state index is 10.9. The third kappa shape index (κ3) is 5.30. The molecule has 19 heavy (non-hydrogen) atoms. The molecule has 0 spiro atoms. The Labute approximate surface area is 114 Å². The second-order valence-corrected chi connectivity index (χ2v) is 5.26. The molecule has 106 valence electrons. The number of rotatable bonds is 8. The van der Waals surface area contributed by atoms with Gasteiger partial charge in [-0.3, -0.25) is 4.79 Å². The van der Waals surface area contributed by atoms with Crippen molar-refractivity contribution in [3.63, 3.8) is 0 Å². The number of aliphatic hydroxyl groups is 1. The Morgan fingerprint density at radius 2 is 1.89 bits per heavy atom. The van der Waals surface area contributed by atoms with Crippen molar-refractivity contribution in [2.75, 3.05) is 13.2 Å². The third-order valence-corrected chi connectivity index (χ3v) is 3.12. The minimum Gasteiger partial charge on any atom is -0.494 e. The molecule has 4 heteroatoms. The molecule has 2 N–H and O–H groups in total. The van der Waals surface area contributed by atoms with Crippen LogP contribution in [0.4, 0.5) is 0 Å². The van der Waals surface area contributed by atoms with Crippen LogP contribution in [-0.4, -0.2) is 29.4 Å². The topological polar surface area (TPSA) is 66.8 Å². The van der Waals surface area contributed by atoms with E-state index in [9.17, 15) is 4.79 Å². The minimum atomic E-state index is -0.777. The van der Waals surface area contributed by atoms with Gasteiger partial charge in [-0.1, -0.05) is 12.1 Å². The zero-order chi connectivity index (χ0) is 14.3. The number of hydrogen-bond acceptors (Lipinski definition) is 3. The molecule has 0 fully saturated rings. The molecule has 4 nitrogen and oxygen atoms in total. The highest BCUT2D eigenvalue weighted by molar-refractivity contribution is 5.73. The van der Waals surface area contributed by atoms with Crippen molar-refractivity contribution in [1.29, 1.82) is 0 Å². The molecule has 1 rings (SSSR count). The summed E-state index contributed by atoms with van der Waals surface area (Å²) in [6.07, 6.45) is 1.94. The first-order valence-corrected chi connectivity index (χ1v) is 6.52. The molecule has 0 atom stereocenters. The number of carbonyl (C=O) groups is 1. The Kier molecular flexibility index (Phi) is 5.83. The van der Waals surface area contributed by atoms with Gasteiger partial charge in [-0.25, -0.2) is 0 Å². The highest BCUT2D eigenvalue weighted by Crippen LogP contribution is 2.22. The Morgan fingerprint density at radius 1 is 1.26 bits per heavy atom. The van der Waals surface area contributed by atoms with Crippen LogP contribution >= 0.6 is 0 Å². The van der Waals surface area contributed by atoms with Gasteiger partial charge in [-0.05, 0) is 50.8 Å². The molecule has 0 aliphatic rings. The van der Waals surface area contributed by atoms with Crippen molar-refractivity contribution in [2.45, 2.75) is 33.1 Å². The average molecular weight is 266 g/mol. The van der Waals surface area contributed by atoms with Crippen LogP contribution in [0.5, 0.6) is 5.75 Å². The van der Waals surface area contributed by atoms with Crippen LogP contribution in [-0.2, 0) is 11.2 Å². The van der Waals surface area contributed by atoms with Crippen LogP contribution in [0, 0.1) is 5.41 Å². The van der Waals surface area contributed by atoms with Gasteiger partial charge in [0.15, 0.2) is 0 Å². The van der Waals surface area contributed by atoms with E-state index in [1.165, 1.54) is 0 Å². The van der Waals surface area contributed by atoms with Crippen LogP contribution in [0.2, 0.25) is 0 Å². The second-order valence-electron chi connectivity index (χ2n) is 5.26. The van der Waals surface area contributed by atoms with Crippen LogP contribution in [0.15, 0.2) is 24.3 Å². The first-order valence-electron chi connectivity index (χ1n) is 6.52. The number of carboxylic acids is 1. The lowest BCUT2D eigenvalue weighted by Gasteiger charge is -2.18. The molecule has 1 aromatic rings. The SMILES string of the molecule is CC(C)(CCCOc1ccc(CCO)cc1)C(=O)O. The molecule has 1 aromatic carbocycles. The summed E-state index contributed by atoms with van der Waals surface area (Å²) in [4.78, 5) is 10.9. The molecule has 0 radical (unpaired) electrons. The van der Waals surface area contributed by atoms with Gasteiger partial charge in [0.2, 0.25) is 0 Å². The normalized spacial score (nSPS) is 11.3. The largest absolute Gasteiger partial charge is 0.494 e. The van der Waals surface area contributed by atoms with Gasteiger partial charge in [0.05, 0.1) is 12.0 Å². The van der Waals surface area contributed by atoms with Crippen molar-refractivity contribution in [3.8, 4) is 5.75 Å². The molecule has 0 bridgehead atoms. The molecule has 0 saturated heterocycles. The van der Waals surface area contributed by atoms with Crippen molar-refractivity contribution in [2.24, 2.45) is 5.41 Å². The number of ether oxygens (including phenoxy) is 1. The average Bonchev–Trinajstić information content (AvgIpc) is 2.37. The third-order valence-electron chi connectivity index (χ3n) is 3.12. The molecule has 0 saturated carbocycles. The lowest BCUT2D eigenvalue weighted by atomic mass is 9.88. The summed E-state index contributed by atoms with van der Waals surface area (Å²) < 4.78 is 5.56. The van der Waals surface area contributed by atoms with E-state index in [1.54, 1.807) is 13.8 Å². The predicted octanol–water partition coefficient (Wildman–Crippen LogP) is 2.49. The molecule has 0 amide bonds. The van der Waals surface area contributed by atoms with Gasteiger partial charge >= 0.3 is 5.97 Å². The Balaban J connectivity index is 2.31. The van der Waals surface area contributed by atoms with Gasteiger partial charge < -0.3 is 14.9 Å². The van der Waals surface area contributed by atoms with E-state index in [1.807, 2.05) is 24.3 Å². The molecule has 0 unspecified atom stereocenters. The van der Waals surface area contributed by atoms with E-state index < -0.39 is 11.4 Å². The highest BCUT2D eigenvalue weighted by Gasteiger charge is 2.26. The van der Waals surface area contributed by atoms with E-state index in [0.717, 1.165) is 11.3 Å². The summed E-state index contributed by atoms with van der Waals surface area (Å²) in [6.45, 7) is 4.10. The van der Waals surface area contributed by atoms with Crippen LogP contribution in [0.25, 0.3) is 0 Å². The monoisotopic (exact) mass is 266 g/mol. The van der Waals surface area contributed by atoms with Gasteiger partial charge in [0, 0.05) is 6.61 Å². The standard InChI is InChI=1S/C15H22O4/c1-15(2,14(17)18)9-3-11-19-13-6-4-12(5-7-13)8-10-16/h4-7,16H,3,8-11H2,1-2H3,(H,17,18). The summed E-state index contributed by atoms with van der Waals surface area (Å²) in [5.41, 5.74) is 0.371. The molecular formula is C15H22O4. The Hall–Kier alpha value is -1.55. The zero-order valence-corrected chi connectivity index (χ0v) is 11.6. The molecule has 0 aliphatic carbocycles. The van der Waals surface area contributed by atoms with Gasteiger partial charge in [-0.2, -0.15) is 0 Å². The van der Waals surface area contributed by atoms with Gasteiger partial charge in [0.25, 0.3) is 0 Å². The van der Waals surface area contributed by atoms with Gasteiger partial charge in [0.1, 0.15) is 5.75 Å². The number of benzene rings is 1. The number of aliphatic hydroxyl groups excluding tert-OH is 1. The van der Waals surface area contributed by atoms with Crippen LogP contribution < -0.4 is 4.74 Å². The predicted molar refractivity (Wildman–Crippen MR) is 73.4 cm³/mol. The molecule has 0 heterocycles. The van der Waals surface area contributed by atoms with Crippen LogP contribution in [0.1, 0.15) is 32.3 Å². The van der Waals surface area contributed by atoms with E-state index in [-0.39, 0.29) is 6.61 Å². The lowest BCUT2D eigenvalue weighted by molar-refractivity contribution is -0.147. The fourth-order valence-corrected chi connectivity index (χ4v) is 1.69. The zero-order valence-electron chi connectivity index (χ0n) is 11.6. The highest BCUT2D eigenvalue weighted by atomic mass is 16.5. The summed E-state index contributed by atoms with van der Waals surface area (Å²) in [6, 6.07) is 7.58. The molecule has 0 aromatic heterocycles. The second kappa shape index (κ2) is 7.14. The lowest BCUT2D eigenvalue weighted by Crippen LogP contribution is -2.24. The summed E-state index contributed by atoms with van der Waals surface area (Å²) >= 11 is 0. The number of carboxylic acid groups (broad SMARTS) is 1. The Morgan fingerprint density at radius 3 is 2.42 bits per heavy atom. The minimum absolute atomic E-state index is 0.143.